The van der Waals surface area contributed by atoms with Crippen molar-refractivity contribution < 1.29 is 9.18 Å². The van der Waals surface area contributed by atoms with E-state index in [0.29, 0.717) is 23.3 Å². The molecule has 3 aromatic rings. The van der Waals surface area contributed by atoms with Crippen LogP contribution in [-0.4, -0.2) is 57.2 Å². The number of aryl methyl sites for hydroxylation is 2. The summed E-state index contributed by atoms with van der Waals surface area (Å²) in [7, 11) is 1.66. The van der Waals surface area contributed by atoms with E-state index in [0.717, 1.165) is 46.3 Å². The summed E-state index contributed by atoms with van der Waals surface area (Å²) in [4.78, 5) is 22.9. The highest BCUT2D eigenvalue weighted by molar-refractivity contribution is 14.1. The molecule has 11 heteroatoms. The Morgan fingerprint density at radius 2 is 1.97 bits per heavy atom. The van der Waals surface area contributed by atoms with Crippen LogP contribution in [0.3, 0.4) is 0 Å². The lowest BCUT2D eigenvalue weighted by Crippen LogP contribution is -2.47. The summed E-state index contributed by atoms with van der Waals surface area (Å²) in [5, 5.41) is 15.9. The number of H-pyrrole nitrogens is 1. The first-order valence-corrected chi connectivity index (χ1v) is 12.7. The maximum atomic E-state index is 15.1. The Morgan fingerprint density at radius 3 is 2.63 bits per heavy atom. The fraction of sp³-hybridized carbons (Fsp3) is 0.417. The molecule has 0 saturated carbocycles. The summed E-state index contributed by atoms with van der Waals surface area (Å²) in [6, 6.07) is 5.15. The molecule has 0 aliphatic carbocycles. The van der Waals surface area contributed by atoms with Gasteiger partial charge in [0.05, 0.1) is 15.3 Å². The van der Waals surface area contributed by atoms with Crippen molar-refractivity contribution >= 4 is 51.8 Å². The van der Waals surface area contributed by atoms with E-state index in [1.165, 1.54) is 0 Å². The number of aromatic nitrogens is 4. The van der Waals surface area contributed by atoms with Gasteiger partial charge in [0.15, 0.2) is 11.6 Å². The first-order chi connectivity index (χ1) is 16.7. The van der Waals surface area contributed by atoms with E-state index >= 15 is 4.39 Å². The number of hydrogen-bond donors (Lipinski definition) is 4. The molecule has 1 fully saturated rings. The number of anilines is 4. The Labute approximate surface area is 217 Å². The largest absolute Gasteiger partial charge is 0.358 e. The van der Waals surface area contributed by atoms with Crippen molar-refractivity contribution in [3.05, 3.63) is 50.6 Å². The molecule has 3 heterocycles. The fourth-order valence-electron chi connectivity index (χ4n) is 4.44. The first kappa shape index (κ1) is 25.3. The molecule has 9 nitrogen and oxygen atoms in total. The fourth-order valence-corrected chi connectivity index (χ4v) is 4.84. The number of carbonyl (C=O) groups is 1. The van der Waals surface area contributed by atoms with Crippen molar-refractivity contribution in [1.29, 1.82) is 0 Å². The van der Waals surface area contributed by atoms with Crippen LogP contribution in [0, 0.1) is 23.2 Å². The smallest absolute Gasteiger partial charge is 0.236 e. The topological polar surface area (TPSA) is 111 Å². The number of likely N-dealkylation sites (tertiary alicyclic amines) is 1. The van der Waals surface area contributed by atoms with Crippen LogP contribution in [0.25, 0.3) is 0 Å². The Bertz CT molecular complexity index is 1210. The number of nitrogens with zero attached hydrogens (tertiary/aromatic N) is 4. The molecule has 1 atom stereocenters. The molecule has 1 aliphatic rings. The third-order valence-corrected chi connectivity index (χ3v) is 7.23. The van der Waals surface area contributed by atoms with Crippen molar-refractivity contribution in [1.82, 2.24) is 30.4 Å². The van der Waals surface area contributed by atoms with Crippen LogP contribution in [0.2, 0.25) is 0 Å². The molecule has 4 rings (SSSR count). The summed E-state index contributed by atoms with van der Waals surface area (Å²) >= 11 is 2.14. The van der Waals surface area contributed by atoms with E-state index in [2.05, 4.69) is 63.6 Å². The van der Waals surface area contributed by atoms with Crippen molar-refractivity contribution in [2.24, 2.45) is 0 Å². The number of rotatable bonds is 7. The second-order valence-electron chi connectivity index (χ2n) is 8.87. The standard InChI is InChI=1S/C24H30FIN8O/c1-13-9-20(29-24-28-12-19(26)22(31-24)30-21-10-14(2)32-33-21)18(25)11-17(13)16-5-7-34(8-6-16)15(3)23(35)27-4/h9-12,15-16H,5-8H2,1-4H3,(H,27,35)(H3,28,29,30,31,32,33)/t15-/m0/s1. The number of piperidine rings is 1. The molecule has 0 bridgehead atoms. The molecular weight excluding hydrogens is 562 g/mol. The highest BCUT2D eigenvalue weighted by Crippen LogP contribution is 2.34. The molecule has 2 aromatic heterocycles. The third-order valence-electron chi connectivity index (χ3n) is 6.44. The van der Waals surface area contributed by atoms with E-state index in [-0.39, 0.29) is 23.7 Å². The number of nitrogens with one attached hydrogen (secondary N) is 4. The normalized spacial score (nSPS) is 15.6. The van der Waals surface area contributed by atoms with Gasteiger partial charge in [-0.15, -0.1) is 0 Å². The van der Waals surface area contributed by atoms with Crippen molar-refractivity contribution in [3.8, 4) is 0 Å². The number of amides is 1. The highest BCUT2D eigenvalue weighted by Gasteiger charge is 2.28. The summed E-state index contributed by atoms with van der Waals surface area (Å²) in [6.07, 6.45) is 3.44. The minimum atomic E-state index is -0.341. The highest BCUT2D eigenvalue weighted by atomic mass is 127. The van der Waals surface area contributed by atoms with Gasteiger partial charge in [0.25, 0.3) is 0 Å². The number of benzene rings is 1. The van der Waals surface area contributed by atoms with Gasteiger partial charge < -0.3 is 16.0 Å². The Kier molecular flexibility index (Phi) is 7.85. The number of carbonyl (C=O) groups excluding carboxylic acids is 1. The lowest BCUT2D eigenvalue weighted by atomic mass is 9.86. The molecule has 0 radical (unpaired) electrons. The Hall–Kier alpha value is -2.80. The van der Waals surface area contributed by atoms with Gasteiger partial charge in [-0.2, -0.15) is 10.1 Å². The third kappa shape index (κ3) is 5.89. The van der Waals surface area contributed by atoms with Gasteiger partial charge >= 0.3 is 0 Å². The van der Waals surface area contributed by atoms with Crippen molar-refractivity contribution in [2.45, 2.75) is 45.6 Å². The minimum absolute atomic E-state index is 0.0248. The predicted molar refractivity (Wildman–Crippen MR) is 143 cm³/mol. The molecule has 1 aliphatic heterocycles. The van der Waals surface area contributed by atoms with Crippen LogP contribution in [0.1, 0.15) is 42.5 Å². The van der Waals surface area contributed by atoms with Gasteiger partial charge in [-0.3, -0.25) is 14.8 Å². The van der Waals surface area contributed by atoms with Gasteiger partial charge in [0.1, 0.15) is 5.82 Å². The monoisotopic (exact) mass is 592 g/mol. The van der Waals surface area contributed by atoms with Crippen LogP contribution in [0.15, 0.2) is 24.4 Å². The van der Waals surface area contributed by atoms with Crippen LogP contribution >= 0.6 is 22.6 Å². The van der Waals surface area contributed by atoms with Gasteiger partial charge in [0.2, 0.25) is 11.9 Å². The molecule has 4 N–H and O–H groups in total. The van der Waals surface area contributed by atoms with Gasteiger partial charge in [-0.25, -0.2) is 9.37 Å². The zero-order valence-electron chi connectivity index (χ0n) is 20.2. The molecule has 186 valence electrons. The maximum absolute atomic E-state index is 15.1. The van der Waals surface area contributed by atoms with E-state index < -0.39 is 0 Å². The van der Waals surface area contributed by atoms with Crippen LogP contribution in [0.5, 0.6) is 0 Å². The molecular formula is C24H30FIN8O. The number of hydrogen-bond acceptors (Lipinski definition) is 7. The summed E-state index contributed by atoms with van der Waals surface area (Å²) in [5.41, 5.74) is 3.29. The van der Waals surface area contributed by atoms with Gasteiger partial charge in [-0.1, -0.05) is 0 Å². The zero-order chi connectivity index (χ0) is 25.1. The molecule has 0 spiro atoms. The first-order valence-electron chi connectivity index (χ1n) is 11.6. The molecule has 1 aromatic carbocycles. The minimum Gasteiger partial charge on any atom is -0.358 e. The Morgan fingerprint density at radius 1 is 1.23 bits per heavy atom. The van der Waals surface area contributed by atoms with E-state index in [1.807, 2.05) is 32.9 Å². The lowest BCUT2D eigenvalue weighted by molar-refractivity contribution is -0.125. The van der Waals surface area contributed by atoms with Crippen molar-refractivity contribution in [2.75, 3.05) is 30.8 Å². The number of likely N-dealkylation sites (N-methyl/N-ethyl adjacent to an activating group) is 1. The van der Waals surface area contributed by atoms with Gasteiger partial charge in [0, 0.05) is 25.0 Å². The summed E-state index contributed by atoms with van der Waals surface area (Å²) in [6.45, 7) is 7.46. The predicted octanol–water partition coefficient (Wildman–Crippen LogP) is 4.36. The molecule has 1 saturated heterocycles. The SMILES string of the molecule is CNC(=O)[C@H](C)N1CCC(c2cc(F)c(Nc3ncc(I)c(Nc4cc(C)[nH]n4)n3)cc2C)CC1. The van der Waals surface area contributed by atoms with E-state index in [1.54, 1.807) is 19.3 Å². The number of halogens is 2. The lowest BCUT2D eigenvalue weighted by Gasteiger charge is -2.35. The Balaban J connectivity index is 1.46. The maximum Gasteiger partial charge on any atom is 0.236 e. The quantitative estimate of drug-likeness (QED) is 0.302. The number of aromatic amines is 1. The zero-order valence-corrected chi connectivity index (χ0v) is 22.4. The molecule has 35 heavy (non-hydrogen) atoms. The molecule has 1 amide bonds. The summed E-state index contributed by atoms with van der Waals surface area (Å²) in [5.74, 6) is 1.47. The van der Waals surface area contributed by atoms with Crippen LogP contribution in [0.4, 0.5) is 27.7 Å². The van der Waals surface area contributed by atoms with E-state index in [9.17, 15) is 4.79 Å². The molecule has 0 unspecified atom stereocenters. The average molecular weight is 592 g/mol. The van der Waals surface area contributed by atoms with E-state index in [4.69, 9.17) is 0 Å². The second-order valence-corrected chi connectivity index (χ2v) is 10.0. The average Bonchev–Trinajstić information content (AvgIpc) is 3.26. The van der Waals surface area contributed by atoms with Gasteiger partial charge in [-0.05, 0) is 98.5 Å². The van der Waals surface area contributed by atoms with Crippen LogP contribution in [-0.2, 0) is 4.79 Å². The second kappa shape index (κ2) is 10.9. The van der Waals surface area contributed by atoms with Crippen LogP contribution < -0.4 is 16.0 Å². The van der Waals surface area contributed by atoms with Crippen molar-refractivity contribution in [3.63, 3.8) is 0 Å². The summed E-state index contributed by atoms with van der Waals surface area (Å²) < 4.78 is 16.0.